The van der Waals surface area contributed by atoms with E-state index in [2.05, 4.69) is 342 Å². The number of benzene rings is 13. The van der Waals surface area contributed by atoms with Crippen LogP contribution >= 0.6 is 70.4 Å². The maximum atomic E-state index is 8.72. The van der Waals surface area contributed by atoms with E-state index in [9.17, 15) is 0 Å². The minimum absolute atomic E-state index is 0.496. The van der Waals surface area contributed by atoms with E-state index in [0.717, 1.165) is 32.2 Å². The van der Waals surface area contributed by atoms with Crippen LogP contribution in [0.1, 0.15) is 66.8 Å². The summed E-state index contributed by atoms with van der Waals surface area (Å²) in [5.74, 6) is 0. The Hall–Kier alpha value is -9.11. The largest absolute Gasteiger partial charge is 0.488 e. The van der Waals surface area contributed by atoms with Crippen LogP contribution in [-0.4, -0.2) is 17.2 Å². The summed E-state index contributed by atoms with van der Waals surface area (Å²) in [6.07, 6.45) is 14.6. The molecule has 5 nitrogen and oxygen atoms in total. The fraction of sp³-hybridized carbons (Fsp3) is 0.0989. The Morgan fingerprint density at radius 1 is 0.337 bits per heavy atom. The highest BCUT2D eigenvalue weighted by atomic mass is 127. The molecule has 0 aromatic heterocycles. The average Bonchev–Trinajstić information content (AvgIpc) is 0.781. The maximum Gasteiger partial charge on any atom is 0.488 e. The molecule has 0 aliphatic heterocycles. The molecule has 0 heterocycles. The van der Waals surface area contributed by atoms with Crippen LogP contribution in [0.25, 0.3) is 23.3 Å². The molecule has 13 aromatic rings. The van der Waals surface area contributed by atoms with E-state index in [1.807, 2.05) is 48.5 Å². The van der Waals surface area contributed by atoms with Gasteiger partial charge in [-0.15, -0.1) is 0 Å². The summed E-state index contributed by atoms with van der Waals surface area (Å²) < 4.78 is 4.71. The highest BCUT2D eigenvalue weighted by Gasteiger charge is 2.21. The molecule has 0 unspecified atom stereocenters. The first-order valence-electron chi connectivity index (χ1n) is 34.1. The van der Waals surface area contributed by atoms with Gasteiger partial charge in [0.25, 0.3) is 0 Å². The number of aryl methyl sites for hydroxylation is 8. The summed E-state index contributed by atoms with van der Waals surface area (Å²) in [5.41, 5.74) is 33.3. The molecule has 0 fully saturated rings. The van der Waals surface area contributed by atoms with Crippen molar-refractivity contribution in [1.29, 1.82) is 0 Å². The lowest BCUT2D eigenvalue weighted by Crippen LogP contribution is -2.29. The van der Waals surface area contributed by atoms with Crippen LogP contribution in [0.3, 0.4) is 0 Å². The van der Waals surface area contributed by atoms with Crippen LogP contribution in [0, 0.1) is 3.57 Å². The molecule has 502 valence electrons. The molecule has 0 saturated carbocycles. The number of rotatable bonds is 12. The van der Waals surface area contributed by atoms with Crippen molar-refractivity contribution in [2.75, 3.05) is 15.5 Å². The molecule has 101 heavy (non-hydrogen) atoms. The second kappa shape index (κ2) is 37.0. The predicted octanol–water partition coefficient (Wildman–Crippen LogP) is 23.8. The van der Waals surface area contributed by atoms with Gasteiger partial charge < -0.3 is 25.6 Å². The molecular formula is C91H80BBr3IN3O2. The smallest absolute Gasteiger partial charge is 0.423 e. The monoisotopic (exact) mass is 1620 g/mol. The number of anilines is 7. The van der Waals surface area contributed by atoms with Gasteiger partial charge in [-0.1, -0.05) is 255 Å². The van der Waals surface area contributed by atoms with Gasteiger partial charge in [-0.3, -0.25) is 0 Å². The highest BCUT2D eigenvalue weighted by molar-refractivity contribution is 14.1. The molecule has 0 bridgehead atoms. The van der Waals surface area contributed by atoms with Gasteiger partial charge in [0.05, 0.1) is 0 Å². The van der Waals surface area contributed by atoms with Crippen LogP contribution in [0.4, 0.5) is 39.8 Å². The summed E-state index contributed by atoms with van der Waals surface area (Å²) in [4.78, 5) is 4.65. The van der Waals surface area contributed by atoms with Gasteiger partial charge in [-0.2, -0.15) is 0 Å². The molecule has 10 heteroatoms. The quantitative estimate of drug-likeness (QED) is 0.0646. The number of nitrogens with zero attached hydrogens (tertiary/aromatic N) is 2. The SMILES string of the molecule is Brc1ccc(I)cc1.Brc1ccc(N(c2ccccc2)c2ccc3c(c2)CC3)cc1.Brc1ccc2c(c1)CC2.C=Cc1ccc(-c2ccc(N(c3ccccc3)c3ccc4c(c3)CC4)cc2)cc1.C=Cc1ccc(B(O)O)cc1.Nc1ccccc1.c1ccc(Cc2ccc3c(c2)CC3)cc1. The Kier molecular flexibility index (Phi) is 26.8. The molecular weight excluding hydrogens is 1540 g/mol. The van der Waals surface area contributed by atoms with E-state index in [0.29, 0.717) is 5.46 Å². The van der Waals surface area contributed by atoms with Gasteiger partial charge >= 0.3 is 7.12 Å². The number of nitrogen functional groups attached to an aromatic ring is 1. The Morgan fingerprint density at radius 2 is 0.673 bits per heavy atom. The van der Waals surface area contributed by atoms with Crippen molar-refractivity contribution in [1.82, 2.24) is 0 Å². The second-order valence-corrected chi connectivity index (χ2v) is 28.9. The predicted molar refractivity (Wildman–Crippen MR) is 449 cm³/mol. The van der Waals surface area contributed by atoms with Gasteiger partial charge in [0.15, 0.2) is 0 Å². The first-order chi connectivity index (χ1) is 49.3. The standard InChI is InChI=1S/C28H23N.C20H16BrN.C15H14.C8H9BO2.C8H7Br.C6H4BrI.C6H7N/c1-2-21-8-10-22(11-9-21)23-14-17-27(18-15-23)29(26-6-4-3-5-7-26)28-19-16-24-12-13-25(24)20-28;21-17-9-12-19(13-10-17)22(18-4-2-1-3-5-18)20-11-8-15-6-7-16(15)14-20;1-2-4-12(5-3-1)10-13-6-7-14-8-9-15(14)11-13;1-2-7-3-5-8(6-4-7)9(10)11;9-8-4-3-6-1-2-7(6)5-8;7-5-1-3-6(8)4-2-5;7-6-4-2-1-3-5-6/h2-11,14-20H,1,12-13H2;1-5,8-14H,6-7H2;1-7,11H,8-10H2;2-6,10-11H,1H2;3-5H,1-2H2;1-4H;1-5H,7H2. The maximum absolute atomic E-state index is 8.72. The topological polar surface area (TPSA) is 73.0 Å². The Bertz CT molecular complexity index is 4760. The summed E-state index contributed by atoms with van der Waals surface area (Å²) in [5, 5.41) is 17.4. The molecule has 17 rings (SSSR count). The summed E-state index contributed by atoms with van der Waals surface area (Å²) in [6.45, 7) is 7.41. The minimum Gasteiger partial charge on any atom is -0.423 e. The highest BCUT2D eigenvalue weighted by Crippen LogP contribution is 2.40. The van der Waals surface area contributed by atoms with E-state index in [-0.39, 0.29) is 0 Å². The van der Waals surface area contributed by atoms with Crippen molar-refractivity contribution in [2.24, 2.45) is 0 Å². The van der Waals surface area contributed by atoms with Crippen LogP contribution < -0.4 is 21.0 Å². The Labute approximate surface area is 636 Å². The van der Waals surface area contributed by atoms with Gasteiger partial charge in [-0.05, 0) is 297 Å². The molecule has 13 aromatic carbocycles. The van der Waals surface area contributed by atoms with Crippen LogP contribution in [0.2, 0.25) is 0 Å². The average molecular weight is 1630 g/mol. The van der Waals surface area contributed by atoms with Crippen molar-refractivity contribution < 1.29 is 10.0 Å². The van der Waals surface area contributed by atoms with Crippen LogP contribution in [0.5, 0.6) is 0 Å². The third kappa shape index (κ3) is 21.0. The van der Waals surface area contributed by atoms with Gasteiger partial charge in [0.1, 0.15) is 0 Å². The number of hydrogen-bond acceptors (Lipinski definition) is 5. The van der Waals surface area contributed by atoms with E-state index < -0.39 is 7.12 Å². The van der Waals surface area contributed by atoms with E-state index in [4.69, 9.17) is 15.8 Å². The lowest BCUT2D eigenvalue weighted by molar-refractivity contribution is 0.426. The molecule has 4 aliphatic carbocycles. The minimum atomic E-state index is -1.38. The molecule has 4 aliphatic rings. The second-order valence-electron chi connectivity index (χ2n) is 24.9. The first kappa shape index (κ1) is 73.1. The van der Waals surface area contributed by atoms with Gasteiger partial charge in [-0.25, -0.2) is 0 Å². The van der Waals surface area contributed by atoms with E-state index in [1.165, 1.54) is 149 Å². The van der Waals surface area contributed by atoms with Crippen molar-refractivity contribution in [3.63, 3.8) is 0 Å². The molecule has 0 spiro atoms. The number of nitrogens with two attached hydrogens (primary N) is 1. The fourth-order valence-corrected chi connectivity index (χ4v) is 13.2. The number of hydrogen-bond donors (Lipinski definition) is 3. The summed E-state index contributed by atoms with van der Waals surface area (Å²) >= 11 is 12.6. The normalized spacial score (nSPS) is 11.7. The zero-order chi connectivity index (χ0) is 70.3. The Morgan fingerprint density at radius 3 is 1.04 bits per heavy atom. The van der Waals surface area contributed by atoms with Crippen LogP contribution in [-0.2, 0) is 57.8 Å². The molecule has 0 radical (unpaired) electrons. The summed E-state index contributed by atoms with van der Waals surface area (Å²) in [6, 6.07) is 109. The van der Waals surface area contributed by atoms with E-state index in [1.54, 1.807) is 41.5 Å². The summed E-state index contributed by atoms with van der Waals surface area (Å²) in [7, 11) is -1.38. The lowest BCUT2D eigenvalue weighted by Gasteiger charge is -2.28. The Balaban J connectivity index is 0.000000126. The zero-order valence-electron chi connectivity index (χ0n) is 56.4. The lowest BCUT2D eigenvalue weighted by atomic mass is 9.80. The van der Waals surface area contributed by atoms with Crippen molar-refractivity contribution in [2.45, 2.75) is 57.8 Å². The van der Waals surface area contributed by atoms with Crippen LogP contribution in [0.15, 0.2) is 342 Å². The molecule has 0 amide bonds. The third-order valence-corrected chi connectivity index (χ3v) is 20.3. The van der Waals surface area contributed by atoms with Gasteiger partial charge in [0, 0.05) is 56.8 Å². The molecule has 0 saturated heterocycles. The van der Waals surface area contributed by atoms with Crippen molar-refractivity contribution >= 4 is 135 Å². The van der Waals surface area contributed by atoms with Gasteiger partial charge in [0.2, 0.25) is 0 Å². The van der Waals surface area contributed by atoms with E-state index >= 15 is 0 Å². The molecule has 0 atom stereocenters. The molecule has 4 N–H and O–H groups in total. The third-order valence-electron chi connectivity index (χ3n) is 18.0. The van der Waals surface area contributed by atoms with Crippen molar-refractivity contribution in [3.8, 4) is 11.1 Å². The fourth-order valence-electron chi connectivity index (χ4n) is 11.9. The number of para-hydroxylation sites is 3. The first-order valence-corrected chi connectivity index (χ1v) is 37.5. The van der Waals surface area contributed by atoms with Crippen molar-refractivity contribution in [3.05, 3.63) is 412 Å². The zero-order valence-corrected chi connectivity index (χ0v) is 63.3. The number of halogens is 4. The number of fused-ring (bicyclic) bond motifs is 4.